The zero-order valence-corrected chi connectivity index (χ0v) is 15.8. The lowest BCUT2D eigenvalue weighted by molar-refractivity contribution is -0.130. The highest BCUT2D eigenvalue weighted by atomic mass is 16.5. The zero-order valence-electron chi connectivity index (χ0n) is 15.8. The van der Waals surface area contributed by atoms with E-state index in [1.165, 1.54) is 20.2 Å². The number of ether oxygens (including phenoxy) is 1. The van der Waals surface area contributed by atoms with E-state index in [1.807, 2.05) is 0 Å². The summed E-state index contributed by atoms with van der Waals surface area (Å²) >= 11 is 0. The van der Waals surface area contributed by atoms with Gasteiger partial charge in [-0.1, -0.05) is 12.1 Å². The van der Waals surface area contributed by atoms with Crippen LogP contribution in [-0.4, -0.2) is 65.9 Å². The SMILES string of the molecule is COC(=O)c1ccccc1Nc1cncc(C(=O)N2CCN(C(C)=O)CC2)c1. The van der Waals surface area contributed by atoms with E-state index in [0.717, 1.165) is 0 Å². The average Bonchev–Trinajstić information content (AvgIpc) is 2.73. The lowest BCUT2D eigenvalue weighted by Crippen LogP contribution is -2.50. The Kier molecular flexibility index (Phi) is 5.88. The molecule has 1 N–H and O–H groups in total. The van der Waals surface area contributed by atoms with E-state index in [4.69, 9.17) is 4.74 Å². The van der Waals surface area contributed by atoms with Gasteiger partial charge in [-0.3, -0.25) is 14.6 Å². The number of hydrogen-bond acceptors (Lipinski definition) is 6. The van der Waals surface area contributed by atoms with E-state index in [1.54, 1.807) is 46.3 Å². The van der Waals surface area contributed by atoms with Crippen molar-refractivity contribution < 1.29 is 19.1 Å². The molecule has 0 unspecified atom stereocenters. The van der Waals surface area contributed by atoms with Crippen molar-refractivity contribution in [2.24, 2.45) is 0 Å². The molecule has 2 aromatic rings. The van der Waals surface area contributed by atoms with Crippen LogP contribution in [0, 0.1) is 0 Å². The van der Waals surface area contributed by atoms with Crippen molar-refractivity contribution in [1.29, 1.82) is 0 Å². The Morgan fingerprint density at radius 1 is 1.04 bits per heavy atom. The molecule has 28 heavy (non-hydrogen) atoms. The lowest BCUT2D eigenvalue weighted by Gasteiger charge is -2.34. The minimum absolute atomic E-state index is 0.0178. The predicted molar refractivity (Wildman–Crippen MR) is 103 cm³/mol. The summed E-state index contributed by atoms with van der Waals surface area (Å²) in [6.45, 7) is 3.56. The molecule has 0 saturated carbocycles. The summed E-state index contributed by atoms with van der Waals surface area (Å²) < 4.78 is 4.80. The average molecular weight is 382 g/mol. The number of carbonyl (C=O) groups excluding carboxylic acids is 3. The van der Waals surface area contributed by atoms with E-state index >= 15 is 0 Å². The van der Waals surface area contributed by atoms with Crippen LogP contribution in [0.5, 0.6) is 0 Å². The number of benzene rings is 1. The quantitative estimate of drug-likeness (QED) is 0.813. The summed E-state index contributed by atoms with van der Waals surface area (Å²) in [6.07, 6.45) is 3.09. The number of para-hydroxylation sites is 1. The molecule has 2 heterocycles. The van der Waals surface area contributed by atoms with Gasteiger partial charge in [0.15, 0.2) is 0 Å². The van der Waals surface area contributed by atoms with E-state index in [0.29, 0.717) is 48.7 Å². The number of carbonyl (C=O) groups is 3. The number of piperazine rings is 1. The summed E-state index contributed by atoms with van der Waals surface area (Å²) in [4.78, 5) is 43.7. The van der Waals surface area contributed by atoms with Crippen molar-refractivity contribution in [1.82, 2.24) is 14.8 Å². The molecule has 0 radical (unpaired) electrons. The molecule has 8 nitrogen and oxygen atoms in total. The van der Waals surface area contributed by atoms with Crippen LogP contribution in [-0.2, 0) is 9.53 Å². The summed E-state index contributed by atoms with van der Waals surface area (Å²) in [5.74, 6) is -0.573. The Labute approximate surface area is 163 Å². The topological polar surface area (TPSA) is 91.8 Å². The number of hydrogen-bond donors (Lipinski definition) is 1. The van der Waals surface area contributed by atoms with Crippen molar-refractivity contribution in [3.63, 3.8) is 0 Å². The fourth-order valence-corrected chi connectivity index (χ4v) is 3.07. The molecule has 0 aliphatic carbocycles. The normalized spacial score (nSPS) is 13.8. The number of methoxy groups -OCH3 is 1. The van der Waals surface area contributed by atoms with Crippen molar-refractivity contribution in [3.05, 3.63) is 53.9 Å². The van der Waals surface area contributed by atoms with Crippen LogP contribution < -0.4 is 5.32 Å². The molecule has 1 aromatic heterocycles. The maximum absolute atomic E-state index is 12.8. The van der Waals surface area contributed by atoms with Gasteiger partial charge in [0.25, 0.3) is 5.91 Å². The molecule has 1 aromatic carbocycles. The molecule has 0 bridgehead atoms. The third-order valence-corrected chi connectivity index (χ3v) is 4.61. The lowest BCUT2D eigenvalue weighted by atomic mass is 10.1. The third-order valence-electron chi connectivity index (χ3n) is 4.61. The first-order chi connectivity index (χ1) is 13.5. The van der Waals surface area contributed by atoms with Gasteiger partial charge in [-0.25, -0.2) is 4.79 Å². The maximum atomic E-state index is 12.8. The van der Waals surface area contributed by atoms with E-state index in [-0.39, 0.29) is 11.8 Å². The van der Waals surface area contributed by atoms with Crippen LogP contribution >= 0.6 is 0 Å². The van der Waals surface area contributed by atoms with Crippen LogP contribution in [0.2, 0.25) is 0 Å². The van der Waals surface area contributed by atoms with E-state index < -0.39 is 5.97 Å². The fourth-order valence-electron chi connectivity index (χ4n) is 3.07. The van der Waals surface area contributed by atoms with Crippen molar-refractivity contribution in [3.8, 4) is 0 Å². The third kappa shape index (κ3) is 4.28. The first kappa shape index (κ1) is 19.3. The molecule has 1 fully saturated rings. The molecule has 3 rings (SSSR count). The number of nitrogens with zero attached hydrogens (tertiary/aromatic N) is 3. The highest BCUT2D eigenvalue weighted by Crippen LogP contribution is 2.22. The largest absolute Gasteiger partial charge is 0.465 e. The molecular weight excluding hydrogens is 360 g/mol. The monoisotopic (exact) mass is 382 g/mol. The number of amides is 2. The number of nitrogens with one attached hydrogen (secondary N) is 1. The van der Waals surface area contributed by atoms with Gasteiger partial charge in [0, 0.05) is 39.3 Å². The second kappa shape index (κ2) is 8.51. The number of anilines is 2. The Hall–Kier alpha value is -3.42. The molecule has 1 aliphatic heterocycles. The van der Waals surface area contributed by atoms with Crippen LogP contribution in [0.4, 0.5) is 11.4 Å². The van der Waals surface area contributed by atoms with Gasteiger partial charge >= 0.3 is 5.97 Å². The summed E-state index contributed by atoms with van der Waals surface area (Å²) in [6, 6.07) is 8.65. The fraction of sp³-hybridized carbons (Fsp3) is 0.300. The van der Waals surface area contributed by atoms with Crippen LogP contribution in [0.1, 0.15) is 27.6 Å². The van der Waals surface area contributed by atoms with Gasteiger partial charge in [0.05, 0.1) is 35.8 Å². The number of esters is 1. The number of rotatable bonds is 4. The minimum Gasteiger partial charge on any atom is -0.465 e. The van der Waals surface area contributed by atoms with E-state index in [2.05, 4.69) is 10.3 Å². The van der Waals surface area contributed by atoms with Gasteiger partial charge in [0.2, 0.25) is 5.91 Å². The molecule has 1 aliphatic rings. The molecule has 0 spiro atoms. The van der Waals surface area contributed by atoms with Gasteiger partial charge in [-0.2, -0.15) is 0 Å². The van der Waals surface area contributed by atoms with Gasteiger partial charge < -0.3 is 19.9 Å². The Morgan fingerprint density at radius 2 is 1.71 bits per heavy atom. The number of aromatic nitrogens is 1. The maximum Gasteiger partial charge on any atom is 0.339 e. The minimum atomic E-state index is -0.452. The first-order valence-corrected chi connectivity index (χ1v) is 8.94. The Morgan fingerprint density at radius 3 is 2.39 bits per heavy atom. The van der Waals surface area contributed by atoms with Crippen molar-refractivity contribution >= 4 is 29.2 Å². The standard InChI is InChI=1S/C20H22N4O4/c1-14(25)23-7-9-24(10-8-23)19(26)15-11-16(13-21-12-15)22-18-6-4-3-5-17(18)20(27)28-2/h3-6,11-13,22H,7-10H2,1-2H3. The predicted octanol–water partition coefficient (Wildman–Crippen LogP) is 1.92. The Balaban J connectivity index is 1.74. The molecule has 1 saturated heterocycles. The highest BCUT2D eigenvalue weighted by Gasteiger charge is 2.23. The second-order valence-electron chi connectivity index (χ2n) is 6.42. The van der Waals surface area contributed by atoms with Gasteiger partial charge in [-0.15, -0.1) is 0 Å². The highest BCUT2D eigenvalue weighted by molar-refractivity contribution is 5.97. The molecule has 0 atom stereocenters. The van der Waals surface area contributed by atoms with Crippen LogP contribution in [0.3, 0.4) is 0 Å². The first-order valence-electron chi connectivity index (χ1n) is 8.94. The van der Waals surface area contributed by atoms with Crippen LogP contribution in [0.15, 0.2) is 42.7 Å². The number of pyridine rings is 1. The van der Waals surface area contributed by atoms with Gasteiger partial charge in [0.1, 0.15) is 0 Å². The van der Waals surface area contributed by atoms with Crippen molar-refractivity contribution in [2.45, 2.75) is 6.92 Å². The van der Waals surface area contributed by atoms with E-state index in [9.17, 15) is 14.4 Å². The smallest absolute Gasteiger partial charge is 0.339 e. The molecule has 146 valence electrons. The van der Waals surface area contributed by atoms with Gasteiger partial charge in [-0.05, 0) is 18.2 Å². The molecule has 8 heteroatoms. The second-order valence-corrected chi connectivity index (χ2v) is 6.42. The summed E-state index contributed by atoms with van der Waals surface area (Å²) in [5.41, 5.74) is 1.99. The Bertz CT molecular complexity index is 891. The summed E-state index contributed by atoms with van der Waals surface area (Å²) in [7, 11) is 1.33. The van der Waals surface area contributed by atoms with Crippen molar-refractivity contribution in [2.75, 3.05) is 38.6 Å². The molecule has 2 amide bonds. The zero-order chi connectivity index (χ0) is 20.1. The van der Waals surface area contributed by atoms with Crippen LogP contribution in [0.25, 0.3) is 0 Å². The summed E-state index contributed by atoms with van der Waals surface area (Å²) in [5, 5.41) is 3.12. The molecular formula is C20H22N4O4.